The van der Waals surface area contributed by atoms with Crippen LogP contribution < -0.4 is 5.32 Å². The third kappa shape index (κ3) is 3.15. The molecule has 0 aliphatic carbocycles. The zero-order valence-corrected chi connectivity index (χ0v) is 11.8. The molecule has 0 saturated carbocycles. The van der Waals surface area contributed by atoms with Crippen molar-refractivity contribution in [1.82, 2.24) is 15.3 Å². The van der Waals surface area contributed by atoms with Gasteiger partial charge in [-0.05, 0) is 25.1 Å². The molecule has 0 unspecified atom stereocenters. The molecular weight excluding hydrogens is 242 g/mol. The maximum Gasteiger partial charge on any atom is 0.142 e. The fraction of sp³-hybridized carbons (Fsp3) is 0.429. The number of nitrogens with zero attached hydrogens (tertiary/aromatic N) is 2. The Morgan fingerprint density at radius 3 is 2.83 bits per heavy atom. The third-order valence-electron chi connectivity index (χ3n) is 2.68. The molecule has 18 heavy (non-hydrogen) atoms. The highest BCUT2D eigenvalue weighted by Gasteiger charge is 2.12. The minimum absolute atomic E-state index is 0.913. The summed E-state index contributed by atoms with van der Waals surface area (Å²) in [5, 5.41) is 4.41. The van der Waals surface area contributed by atoms with Gasteiger partial charge in [0.1, 0.15) is 5.01 Å². The number of nitrogens with one attached hydrogen (secondary N) is 1. The van der Waals surface area contributed by atoms with Crippen LogP contribution in [0.4, 0.5) is 0 Å². The number of rotatable bonds is 6. The summed E-state index contributed by atoms with van der Waals surface area (Å²) < 4.78 is 0. The molecule has 0 aliphatic rings. The predicted octanol–water partition coefficient (Wildman–Crippen LogP) is 3.27. The number of pyridine rings is 1. The summed E-state index contributed by atoms with van der Waals surface area (Å²) in [5.41, 5.74) is 2.20. The van der Waals surface area contributed by atoms with Gasteiger partial charge in [-0.15, -0.1) is 11.3 Å². The van der Waals surface area contributed by atoms with Crippen molar-refractivity contribution in [2.24, 2.45) is 0 Å². The standard InChI is InChI=1S/C14H19N3S/c1-3-7-11-13(10-15-4-2)18-14(17-11)12-8-5-6-9-16-12/h5-6,8-9,15H,3-4,7,10H2,1-2H3. The van der Waals surface area contributed by atoms with Crippen molar-refractivity contribution in [2.75, 3.05) is 6.54 Å². The van der Waals surface area contributed by atoms with Crippen LogP contribution in [0.5, 0.6) is 0 Å². The Morgan fingerprint density at radius 1 is 1.28 bits per heavy atom. The molecule has 2 aromatic heterocycles. The number of aromatic nitrogens is 2. The van der Waals surface area contributed by atoms with Crippen molar-refractivity contribution >= 4 is 11.3 Å². The molecule has 0 aromatic carbocycles. The Hall–Kier alpha value is -1.26. The van der Waals surface area contributed by atoms with Crippen molar-refractivity contribution in [1.29, 1.82) is 0 Å². The van der Waals surface area contributed by atoms with Crippen molar-refractivity contribution in [2.45, 2.75) is 33.2 Å². The summed E-state index contributed by atoms with van der Waals surface area (Å²) in [5.74, 6) is 0. The Bertz CT molecular complexity index is 479. The lowest BCUT2D eigenvalue weighted by Crippen LogP contribution is -2.11. The second-order valence-corrected chi connectivity index (χ2v) is 5.22. The van der Waals surface area contributed by atoms with Crippen molar-refractivity contribution < 1.29 is 0 Å². The molecule has 0 spiro atoms. The van der Waals surface area contributed by atoms with Gasteiger partial charge in [0.05, 0.1) is 11.4 Å². The molecule has 0 radical (unpaired) electrons. The average Bonchev–Trinajstić information content (AvgIpc) is 2.81. The van der Waals surface area contributed by atoms with E-state index < -0.39 is 0 Å². The van der Waals surface area contributed by atoms with Crippen LogP contribution in [0.1, 0.15) is 30.8 Å². The monoisotopic (exact) mass is 261 g/mol. The first-order chi connectivity index (χ1) is 8.85. The molecule has 0 amide bonds. The van der Waals surface area contributed by atoms with Crippen LogP contribution in [-0.4, -0.2) is 16.5 Å². The highest BCUT2D eigenvalue weighted by molar-refractivity contribution is 7.15. The highest BCUT2D eigenvalue weighted by atomic mass is 32.1. The molecule has 2 heterocycles. The van der Waals surface area contributed by atoms with Crippen LogP contribution >= 0.6 is 11.3 Å². The van der Waals surface area contributed by atoms with Crippen molar-refractivity contribution in [3.63, 3.8) is 0 Å². The fourth-order valence-electron chi connectivity index (χ4n) is 1.79. The summed E-state index contributed by atoms with van der Waals surface area (Å²) >= 11 is 1.76. The van der Waals surface area contributed by atoms with E-state index in [2.05, 4.69) is 24.1 Å². The van der Waals surface area contributed by atoms with Gasteiger partial charge in [-0.2, -0.15) is 0 Å². The van der Waals surface area contributed by atoms with E-state index in [1.54, 1.807) is 11.3 Å². The van der Waals surface area contributed by atoms with Crippen LogP contribution in [-0.2, 0) is 13.0 Å². The molecular formula is C14H19N3S. The molecule has 0 fully saturated rings. The van der Waals surface area contributed by atoms with Gasteiger partial charge in [0.2, 0.25) is 0 Å². The molecule has 0 bridgehead atoms. The smallest absolute Gasteiger partial charge is 0.142 e. The van der Waals surface area contributed by atoms with E-state index in [0.29, 0.717) is 0 Å². The lowest BCUT2D eigenvalue weighted by atomic mass is 10.2. The fourth-order valence-corrected chi connectivity index (χ4v) is 2.85. The van der Waals surface area contributed by atoms with Crippen LogP contribution in [0.25, 0.3) is 10.7 Å². The second-order valence-electron chi connectivity index (χ2n) is 4.13. The SMILES string of the molecule is CCCc1nc(-c2ccccn2)sc1CNCC. The Morgan fingerprint density at radius 2 is 2.17 bits per heavy atom. The Labute approximate surface area is 112 Å². The van der Waals surface area contributed by atoms with E-state index in [9.17, 15) is 0 Å². The topological polar surface area (TPSA) is 37.8 Å². The van der Waals surface area contributed by atoms with Gasteiger partial charge in [0.25, 0.3) is 0 Å². The average molecular weight is 261 g/mol. The quantitative estimate of drug-likeness (QED) is 0.867. The molecule has 1 N–H and O–H groups in total. The van der Waals surface area contributed by atoms with Gasteiger partial charge in [-0.3, -0.25) is 4.98 Å². The number of hydrogen-bond donors (Lipinski definition) is 1. The van der Waals surface area contributed by atoms with Crippen LogP contribution in [0.15, 0.2) is 24.4 Å². The maximum absolute atomic E-state index is 4.74. The minimum atomic E-state index is 0.913. The predicted molar refractivity (Wildman–Crippen MR) is 76.7 cm³/mol. The third-order valence-corrected chi connectivity index (χ3v) is 3.80. The van der Waals surface area contributed by atoms with Crippen molar-refractivity contribution in [3.8, 4) is 10.7 Å². The van der Waals surface area contributed by atoms with Crippen LogP contribution in [0, 0.1) is 0 Å². The van der Waals surface area contributed by atoms with E-state index in [1.165, 1.54) is 10.6 Å². The number of thiazole rings is 1. The molecule has 0 aliphatic heterocycles. The lowest BCUT2D eigenvalue weighted by Gasteiger charge is -2.00. The summed E-state index contributed by atoms with van der Waals surface area (Å²) in [7, 11) is 0. The summed E-state index contributed by atoms with van der Waals surface area (Å²) in [4.78, 5) is 10.5. The van der Waals surface area contributed by atoms with Gasteiger partial charge in [0, 0.05) is 17.6 Å². The zero-order chi connectivity index (χ0) is 12.8. The first-order valence-corrected chi connectivity index (χ1v) is 7.27. The lowest BCUT2D eigenvalue weighted by molar-refractivity contribution is 0.723. The molecule has 2 aromatic rings. The van der Waals surface area contributed by atoms with E-state index >= 15 is 0 Å². The van der Waals surface area contributed by atoms with E-state index in [0.717, 1.165) is 36.6 Å². The summed E-state index contributed by atoms with van der Waals surface area (Å²) in [6.07, 6.45) is 3.99. The van der Waals surface area contributed by atoms with Crippen molar-refractivity contribution in [3.05, 3.63) is 35.0 Å². The van der Waals surface area contributed by atoms with Crippen LogP contribution in [0.2, 0.25) is 0 Å². The van der Waals surface area contributed by atoms with E-state index in [4.69, 9.17) is 4.98 Å². The molecule has 96 valence electrons. The van der Waals surface area contributed by atoms with E-state index in [-0.39, 0.29) is 0 Å². The highest BCUT2D eigenvalue weighted by Crippen LogP contribution is 2.27. The largest absolute Gasteiger partial charge is 0.312 e. The Kier molecular flexibility index (Phi) is 4.84. The first-order valence-electron chi connectivity index (χ1n) is 6.45. The Balaban J connectivity index is 2.27. The van der Waals surface area contributed by atoms with E-state index in [1.807, 2.05) is 24.4 Å². The summed E-state index contributed by atoms with van der Waals surface area (Å²) in [6, 6.07) is 5.96. The van der Waals surface area contributed by atoms with Crippen LogP contribution in [0.3, 0.4) is 0 Å². The molecule has 3 nitrogen and oxygen atoms in total. The molecule has 0 atom stereocenters. The van der Waals surface area contributed by atoms with Gasteiger partial charge in [-0.1, -0.05) is 26.3 Å². The number of aryl methyl sites for hydroxylation is 1. The first kappa shape index (κ1) is 13.2. The molecule has 4 heteroatoms. The maximum atomic E-state index is 4.74. The van der Waals surface area contributed by atoms with Gasteiger partial charge < -0.3 is 5.32 Å². The zero-order valence-electron chi connectivity index (χ0n) is 10.9. The second kappa shape index (κ2) is 6.61. The molecule has 2 rings (SSSR count). The van der Waals surface area contributed by atoms with Gasteiger partial charge in [-0.25, -0.2) is 4.98 Å². The molecule has 0 saturated heterocycles. The van der Waals surface area contributed by atoms with Gasteiger partial charge >= 0.3 is 0 Å². The minimum Gasteiger partial charge on any atom is -0.312 e. The number of hydrogen-bond acceptors (Lipinski definition) is 4. The normalized spacial score (nSPS) is 10.8. The van der Waals surface area contributed by atoms with Gasteiger partial charge in [0.15, 0.2) is 0 Å². The summed E-state index contributed by atoms with van der Waals surface area (Å²) in [6.45, 7) is 6.22.